The summed E-state index contributed by atoms with van der Waals surface area (Å²) in [5.41, 5.74) is 0.368. The molecule has 8 heteroatoms. The van der Waals surface area contributed by atoms with Gasteiger partial charge in [0.1, 0.15) is 0 Å². The number of carbonyl (C=O) groups excluding carboxylic acids is 2. The van der Waals surface area contributed by atoms with E-state index >= 15 is 0 Å². The first-order valence-electron chi connectivity index (χ1n) is 6.97. The fraction of sp³-hybridized carbons (Fsp3) is 0.188. The van der Waals surface area contributed by atoms with E-state index in [1.165, 1.54) is 37.7 Å². The molecule has 0 fully saturated rings. The van der Waals surface area contributed by atoms with Gasteiger partial charge < -0.3 is 9.47 Å². The molecule has 1 heterocycles. The van der Waals surface area contributed by atoms with Gasteiger partial charge in [0.2, 0.25) is 0 Å². The second kappa shape index (κ2) is 7.32. The summed E-state index contributed by atoms with van der Waals surface area (Å²) < 4.78 is 9.68. The van der Waals surface area contributed by atoms with Crippen LogP contribution >= 0.6 is 0 Å². The minimum absolute atomic E-state index is 0.0172. The predicted octanol–water partition coefficient (Wildman–Crippen LogP) is 2.62. The highest BCUT2D eigenvalue weighted by Crippen LogP contribution is 2.30. The van der Waals surface area contributed by atoms with E-state index in [1.54, 1.807) is 13.0 Å². The normalized spacial score (nSPS) is 10.1. The number of carbonyl (C=O) groups is 2. The number of benzene rings is 1. The third kappa shape index (κ3) is 3.37. The third-order valence-corrected chi connectivity index (χ3v) is 3.19. The minimum Gasteiger partial charge on any atom is -0.465 e. The van der Waals surface area contributed by atoms with E-state index in [9.17, 15) is 19.7 Å². The fourth-order valence-corrected chi connectivity index (χ4v) is 2.17. The number of hydrogen-bond donors (Lipinski definition) is 0. The van der Waals surface area contributed by atoms with Gasteiger partial charge in [0, 0.05) is 30.1 Å². The molecule has 2 aromatic rings. The molecule has 0 saturated heterocycles. The van der Waals surface area contributed by atoms with Crippen LogP contribution in [0.4, 0.5) is 5.69 Å². The molecular formula is C16H14N2O6. The molecule has 0 aliphatic carbocycles. The molecule has 0 amide bonds. The summed E-state index contributed by atoms with van der Waals surface area (Å²) in [5.74, 6) is -1.40. The van der Waals surface area contributed by atoms with Crippen LogP contribution < -0.4 is 0 Å². The van der Waals surface area contributed by atoms with Gasteiger partial charge in [-0.3, -0.25) is 15.1 Å². The topological polar surface area (TPSA) is 109 Å². The van der Waals surface area contributed by atoms with Gasteiger partial charge in [0.25, 0.3) is 5.69 Å². The zero-order valence-electron chi connectivity index (χ0n) is 13.0. The molecule has 0 atom stereocenters. The number of esters is 2. The Labute approximate surface area is 137 Å². The van der Waals surface area contributed by atoms with Crippen molar-refractivity contribution in [2.75, 3.05) is 13.7 Å². The summed E-state index contributed by atoms with van der Waals surface area (Å²) in [4.78, 5) is 38.5. The molecule has 8 nitrogen and oxygen atoms in total. The number of aromatic nitrogens is 1. The summed E-state index contributed by atoms with van der Waals surface area (Å²) in [6.07, 6.45) is 2.49. The van der Waals surface area contributed by atoms with Crippen molar-refractivity contribution in [2.45, 2.75) is 6.92 Å². The van der Waals surface area contributed by atoms with Crippen molar-refractivity contribution in [3.63, 3.8) is 0 Å². The molecule has 124 valence electrons. The molecule has 0 unspecified atom stereocenters. The quantitative estimate of drug-likeness (QED) is 0.471. The Bertz CT molecular complexity index is 803. The van der Waals surface area contributed by atoms with Gasteiger partial charge in [-0.2, -0.15) is 0 Å². The van der Waals surface area contributed by atoms with Crippen LogP contribution in [0.3, 0.4) is 0 Å². The van der Waals surface area contributed by atoms with Gasteiger partial charge in [0.15, 0.2) is 0 Å². The van der Waals surface area contributed by atoms with Gasteiger partial charge in [-0.25, -0.2) is 9.59 Å². The average molecular weight is 330 g/mol. The number of nitro benzene ring substituents is 1. The molecule has 24 heavy (non-hydrogen) atoms. The summed E-state index contributed by atoms with van der Waals surface area (Å²) in [7, 11) is 1.19. The zero-order chi connectivity index (χ0) is 17.7. The first-order valence-corrected chi connectivity index (χ1v) is 6.97. The lowest BCUT2D eigenvalue weighted by atomic mass is 9.96. The van der Waals surface area contributed by atoms with Crippen molar-refractivity contribution >= 4 is 17.6 Å². The highest BCUT2D eigenvalue weighted by Gasteiger charge is 2.23. The molecule has 1 aromatic carbocycles. The molecule has 0 radical (unpaired) electrons. The van der Waals surface area contributed by atoms with Crippen molar-refractivity contribution in [2.24, 2.45) is 0 Å². The van der Waals surface area contributed by atoms with Crippen LogP contribution in [0.2, 0.25) is 0 Å². The minimum atomic E-state index is -0.713. The SMILES string of the molecule is CCOC(=O)c1cncc(C(=O)OC)c1-c1cccc([N+](=O)[O-])c1. The average Bonchev–Trinajstić information content (AvgIpc) is 2.60. The molecule has 0 spiro atoms. The number of methoxy groups -OCH3 is 1. The van der Waals surface area contributed by atoms with Crippen molar-refractivity contribution < 1.29 is 24.0 Å². The summed E-state index contributed by atoms with van der Waals surface area (Å²) in [6, 6.07) is 5.60. The Morgan fingerprint density at radius 2 is 1.88 bits per heavy atom. The number of nitrogens with zero attached hydrogens (tertiary/aromatic N) is 2. The van der Waals surface area contributed by atoms with E-state index < -0.39 is 16.9 Å². The maximum absolute atomic E-state index is 12.2. The number of ether oxygens (including phenoxy) is 2. The third-order valence-electron chi connectivity index (χ3n) is 3.19. The second-order valence-electron chi connectivity index (χ2n) is 4.63. The Hall–Kier alpha value is -3.29. The van der Waals surface area contributed by atoms with Crippen LogP contribution in [-0.4, -0.2) is 35.6 Å². The predicted molar refractivity (Wildman–Crippen MR) is 83.6 cm³/mol. The second-order valence-corrected chi connectivity index (χ2v) is 4.63. The molecule has 0 N–H and O–H groups in total. The van der Waals surface area contributed by atoms with Crippen molar-refractivity contribution in [1.82, 2.24) is 4.98 Å². The molecule has 0 aliphatic rings. The summed E-state index contributed by atoms with van der Waals surface area (Å²) >= 11 is 0. The van der Waals surface area contributed by atoms with Gasteiger partial charge in [-0.15, -0.1) is 0 Å². The van der Waals surface area contributed by atoms with Crippen LogP contribution in [0.25, 0.3) is 11.1 Å². The Morgan fingerprint density at radius 1 is 1.21 bits per heavy atom. The number of hydrogen-bond acceptors (Lipinski definition) is 7. The van der Waals surface area contributed by atoms with Gasteiger partial charge in [-0.05, 0) is 12.5 Å². The van der Waals surface area contributed by atoms with Crippen LogP contribution in [0, 0.1) is 10.1 Å². The number of rotatable bonds is 5. The lowest BCUT2D eigenvalue weighted by Gasteiger charge is -2.12. The zero-order valence-corrected chi connectivity index (χ0v) is 13.0. The Balaban J connectivity index is 2.73. The van der Waals surface area contributed by atoms with E-state index in [0.717, 1.165) is 0 Å². The molecule has 0 bridgehead atoms. The smallest absolute Gasteiger partial charge is 0.340 e. The highest BCUT2D eigenvalue weighted by atomic mass is 16.6. The lowest BCUT2D eigenvalue weighted by molar-refractivity contribution is -0.384. The first kappa shape index (κ1) is 17.1. The Morgan fingerprint density at radius 3 is 2.46 bits per heavy atom. The van der Waals surface area contributed by atoms with Crippen LogP contribution in [0.5, 0.6) is 0 Å². The maximum atomic E-state index is 12.2. The van der Waals surface area contributed by atoms with E-state index in [1.807, 2.05) is 0 Å². The van der Waals surface area contributed by atoms with Crippen molar-refractivity contribution in [3.8, 4) is 11.1 Å². The molecule has 0 aliphatic heterocycles. The fourth-order valence-electron chi connectivity index (χ4n) is 2.17. The van der Waals surface area contributed by atoms with Crippen LogP contribution in [0.15, 0.2) is 36.7 Å². The number of nitro groups is 1. The maximum Gasteiger partial charge on any atom is 0.340 e. The van der Waals surface area contributed by atoms with E-state index in [4.69, 9.17) is 9.47 Å². The van der Waals surface area contributed by atoms with E-state index in [2.05, 4.69) is 4.98 Å². The molecule has 0 saturated carbocycles. The Kier molecular flexibility index (Phi) is 5.20. The van der Waals surface area contributed by atoms with Crippen LogP contribution in [-0.2, 0) is 9.47 Å². The molecule has 2 rings (SSSR count). The standard InChI is InChI=1S/C16H14N2O6/c1-3-24-16(20)13-9-17-8-12(15(19)23-2)14(13)10-5-4-6-11(7-10)18(21)22/h4-9H,3H2,1-2H3. The first-order chi connectivity index (χ1) is 11.5. The number of non-ortho nitro benzene ring substituents is 1. The van der Waals surface area contributed by atoms with Gasteiger partial charge >= 0.3 is 11.9 Å². The van der Waals surface area contributed by atoms with Crippen LogP contribution in [0.1, 0.15) is 27.6 Å². The highest BCUT2D eigenvalue weighted by molar-refractivity contribution is 6.05. The van der Waals surface area contributed by atoms with Crippen molar-refractivity contribution in [1.29, 1.82) is 0 Å². The monoisotopic (exact) mass is 330 g/mol. The van der Waals surface area contributed by atoms with Crippen molar-refractivity contribution in [3.05, 3.63) is 57.9 Å². The molecular weight excluding hydrogens is 316 g/mol. The summed E-state index contributed by atoms with van der Waals surface area (Å²) in [5, 5.41) is 11.0. The molecule has 1 aromatic heterocycles. The van der Waals surface area contributed by atoms with Gasteiger partial charge in [0.05, 0.1) is 29.8 Å². The largest absolute Gasteiger partial charge is 0.465 e. The summed E-state index contributed by atoms with van der Waals surface area (Å²) in [6.45, 7) is 1.78. The van der Waals surface area contributed by atoms with E-state index in [0.29, 0.717) is 5.56 Å². The number of pyridine rings is 1. The van der Waals surface area contributed by atoms with E-state index in [-0.39, 0.29) is 29.0 Å². The van der Waals surface area contributed by atoms with Gasteiger partial charge in [-0.1, -0.05) is 12.1 Å². The lowest BCUT2D eigenvalue weighted by Crippen LogP contribution is -2.12.